The van der Waals surface area contributed by atoms with E-state index in [1.807, 2.05) is 30.3 Å². The van der Waals surface area contributed by atoms with Gasteiger partial charge in [0.15, 0.2) is 5.75 Å². The number of phenolic OH excluding ortho intramolecular Hbond substituents is 1. The summed E-state index contributed by atoms with van der Waals surface area (Å²) < 4.78 is 0. The van der Waals surface area contributed by atoms with Crippen LogP contribution in [0.5, 0.6) is 5.75 Å². The van der Waals surface area contributed by atoms with Crippen LogP contribution < -0.4 is 15.6 Å². The predicted molar refractivity (Wildman–Crippen MR) is 122 cm³/mol. The number of hydrogen-bond acceptors (Lipinski definition) is 10. The van der Waals surface area contributed by atoms with Crippen molar-refractivity contribution in [2.24, 2.45) is 5.10 Å². The maximum Gasteiger partial charge on any atom is 0.311 e. The van der Waals surface area contributed by atoms with Crippen molar-refractivity contribution in [1.29, 1.82) is 0 Å². The molecule has 1 aromatic heterocycles. The third-order valence-corrected chi connectivity index (χ3v) is 4.87. The van der Waals surface area contributed by atoms with Crippen molar-refractivity contribution < 1.29 is 10.0 Å². The number of nitro benzene ring substituents is 1. The van der Waals surface area contributed by atoms with E-state index in [0.717, 1.165) is 31.6 Å². The average molecular weight is 434 g/mol. The summed E-state index contributed by atoms with van der Waals surface area (Å²) in [5, 5.41) is 27.8. The molecule has 4 rings (SSSR count). The van der Waals surface area contributed by atoms with Crippen LogP contribution in [0.4, 0.5) is 29.2 Å². The highest BCUT2D eigenvalue weighted by atomic mass is 16.6. The molecule has 2 aromatic carbocycles. The zero-order chi connectivity index (χ0) is 22.3. The van der Waals surface area contributed by atoms with Crippen LogP contribution in [0.3, 0.4) is 0 Å². The molecule has 32 heavy (non-hydrogen) atoms. The van der Waals surface area contributed by atoms with E-state index in [0.29, 0.717) is 17.5 Å². The van der Waals surface area contributed by atoms with E-state index in [2.05, 4.69) is 35.7 Å². The first kappa shape index (κ1) is 21.0. The summed E-state index contributed by atoms with van der Waals surface area (Å²) in [7, 11) is 0. The van der Waals surface area contributed by atoms with Gasteiger partial charge in [-0.1, -0.05) is 18.2 Å². The van der Waals surface area contributed by atoms with Crippen molar-refractivity contribution in [2.75, 3.05) is 28.7 Å². The van der Waals surface area contributed by atoms with Gasteiger partial charge < -0.3 is 15.3 Å². The molecule has 3 N–H and O–H groups in total. The second kappa shape index (κ2) is 9.69. The molecule has 0 radical (unpaired) electrons. The van der Waals surface area contributed by atoms with Crippen LogP contribution >= 0.6 is 0 Å². The first-order valence-corrected chi connectivity index (χ1v) is 10.2. The van der Waals surface area contributed by atoms with Crippen LogP contribution in [0.25, 0.3) is 0 Å². The molecule has 0 amide bonds. The summed E-state index contributed by atoms with van der Waals surface area (Å²) in [6.07, 6.45) is 4.73. The standard InChI is InChI=1S/C21H22N8O3/c30-18-10-9-15(13-17(18)29(31)32)14-22-27-20-24-19(23-16-7-3-1-4-8-16)25-21(26-20)28-11-5-2-6-12-28/h1,3-4,7-10,13-14,30H,2,5-6,11-12H2,(H2,23,24,25,26,27)/b22-14+. The number of nitro groups is 1. The number of rotatable bonds is 7. The minimum absolute atomic E-state index is 0.239. The molecule has 3 aromatic rings. The quantitative estimate of drug-likeness (QED) is 0.288. The van der Waals surface area contributed by atoms with Crippen molar-refractivity contribution >= 4 is 35.4 Å². The van der Waals surface area contributed by atoms with Crippen LogP contribution in [0, 0.1) is 10.1 Å². The first-order chi connectivity index (χ1) is 15.6. The van der Waals surface area contributed by atoms with Gasteiger partial charge in [-0.15, -0.1) is 0 Å². The van der Waals surface area contributed by atoms with Gasteiger partial charge >= 0.3 is 5.69 Å². The molecule has 0 bridgehead atoms. The average Bonchev–Trinajstić information content (AvgIpc) is 2.81. The van der Waals surface area contributed by atoms with Gasteiger partial charge in [0.05, 0.1) is 11.1 Å². The Bertz CT molecular complexity index is 1120. The molecule has 0 spiro atoms. The number of anilines is 4. The highest BCUT2D eigenvalue weighted by molar-refractivity contribution is 5.82. The third kappa shape index (κ3) is 5.25. The Labute approximate surface area is 184 Å². The maximum absolute atomic E-state index is 11.0. The molecule has 0 unspecified atom stereocenters. The highest BCUT2D eigenvalue weighted by Crippen LogP contribution is 2.25. The molecule has 164 valence electrons. The number of nitrogens with one attached hydrogen (secondary N) is 2. The van der Waals surface area contributed by atoms with E-state index in [1.165, 1.54) is 30.8 Å². The van der Waals surface area contributed by atoms with E-state index in [-0.39, 0.29) is 5.95 Å². The smallest absolute Gasteiger partial charge is 0.311 e. The molecule has 1 saturated heterocycles. The number of phenols is 1. The Balaban J connectivity index is 1.56. The monoisotopic (exact) mass is 434 g/mol. The lowest BCUT2D eigenvalue weighted by Crippen LogP contribution is -2.31. The molecular weight excluding hydrogens is 412 g/mol. The van der Waals surface area contributed by atoms with Crippen LogP contribution in [-0.2, 0) is 0 Å². The first-order valence-electron chi connectivity index (χ1n) is 10.2. The van der Waals surface area contributed by atoms with Gasteiger partial charge in [0.2, 0.25) is 17.8 Å². The number of aromatic nitrogens is 3. The molecular formula is C21H22N8O3. The largest absolute Gasteiger partial charge is 0.502 e. The Kier molecular flexibility index (Phi) is 6.35. The lowest BCUT2D eigenvalue weighted by atomic mass is 10.1. The van der Waals surface area contributed by atoms with Crippen LogP contribution in [0.15, 0.2) is 53.6 Å². The molecule has 2 heterocycles. The number of para-hydroxylation sites is 1. The Hall–Kier alpha value is -4.28. The second-order valence-corrected chi connectivity index (χ2v) is 7.20. The van der Waals surface area contributed by atoms with E-state index in [9.17, 15) is 15.2 Å². The number of nitrogens with zero attached hydrogens (tertiary/aromatic N) is 6. The second-order valence-electron chi connectivity index (χ2n) is 7.20. The topological polar surface area (TPSA) is 142 Å². The zero-order valence-electron chi connectivity index (χ0n) is 17.2. The van der Waals surface area contributed by atoms with Crippen LogP contribution in [0.1, 0.15) is 24.8 Å². The SMILES string of the molecule is O=[N+]([O-])c1cc(/C=N/Nc2nc(Nc3ccccc3)nc(N3CCCCC3)n2)ccc1O. The van der Waals surface area contributed by atoms with Crippen molar-refractivity contribution in [3.63, 3.8) is 0 Å². The number of piperidine rings is 1. The third-order valence-electron chi connectivity index (χ3n) is 4.87. The van der Waals surface area contributed by atoms with Crippen LogP contribution in [0.2, 0.25) is 0 Å². The number of hydrazone groups is 1. The number of hydrogen-bond donors (Lipinski definition) is 3. The van der Waals surface area contributed by atoms with Crippen molar-refractivity contribution in [3.8, 4) is 5.75 Å². The van der Waals surface area contributed by atoms with E-state index >= 15 is 0 Å². The minimum Gasteiger partial charge on any atom is -0.502 e. The van der Waals surface area contributed by atoms with Gasteiger partial charge in [-0.05, 0) is 43.5 Å². The summed E-state index contributed by atoms with van der Waals surface area (Å²) in [4.78, 5) is 25.9. The van der Waals surface area contributed by atoms with E-state index < -0.39 is 16.4 Å². The molecule has 1 fully saturated rings. The predicted octanol–water partition coefficient (Wildman–Crippen LogP) is 3.67. The fourth-order valence-electron chi connectivity index (χ4n) is 3.29. The fourth-order valence-corrected chi connectivity index (χ4v) is 3.29. The molecule has 0 saturated carbocycles. The van der Waals surface area contributed by atoms with Gasteiger partial charge in [-0.25, -0.2) is 5.43 Å². The molecule has 1 aliphatic rings. The maximum atomic E-state index is 11.0. The van der Waals surface area contributed by atoms with E-state index in [1.54, 1.807) is 0 Å². The van der Waals surface area contributed by atoms with Crippen molar-refractivity contribution in [1.82, 2.24) is 15.0 Å². The Morgan fingerprint density at radius 1 is 1.03 bits per heavy atom. The fraction of sp³-hybridized carbons (Fsp3) is 0.238. The molecule has 11 nitrogen and oxygen atoms in total. The summed E-state index contributed by atoms with van der Waals surface area (Å²) in [5.74, 6) is 0.768. The van der Waals surface area contributed by atoms with Gasteiger partial charge in [0, 0.05) is 30.4 Å². The zero-order valence-corrected chi connectivity index (χ0v) is 17.2. The van der Waals surface area contributed by atoms with Gasteiger partial charge in [0.1, 0.15) is 0 Å². The summed E-state index contributed by atoms with van der Waals surface area (Å²) in [6.45, 7) is 1.74. The highest BCUT2D eigenvalue weighted by Gasteiger charge is 2.17. The Morgan fingerprint density at radius 3 is 2.53 bits per heavy atom. The molecule has 0 atom stereocenters. The Morgan fingerprint density at radius 2 is 1.78 bits per heavy atom. The molecule has 11 heteroatoms. The molecule has 0 aliphatic carbocycles. The lowest BCUT2D eigenvalue weighted by Gasteiger charge is -2.26. The van der Waals surface area contributed by atoms with Gasteiger partial charge in [-0.3, -0.25) is 10.1 Å². The van der Waals surface area contributed by atoms with Gasteiger partial charge in [-0.2, -0.15) is 20.1 Å². The minimum atomic E-state index is -0.654. The number of aromatic hydroxyl groups is 1. The molecule has 1 aliphatic heterocycles. The normalized spacial score (nSPS) is 13.8. The van der Waals surface area contributed by atoms with Crippen LogP contribution in [-0.4, -0.2) is 44.3 Å². The summed E-state index contributed by atoms with van der Waals surface area (Å²) in [6, 6.07) is 13.6. The lowest BCUT2D eigenvalue weighted by molar-refractivity contribution is -0.385. The van der Waals surface area contributed by atoms with Crippen molar-refractivity contribution in [3.05, 3.63) is 64.2 Å². The number of benzene rings is 2. The van der Waals surface area contributed by atoms with E-state index in [4.69, 9.17) is 0 Å². The van der Waals surface area contributed by atoms with Gasteiger partial charge in [0.25, 0.3) is 0 Å². The summed E-state index contributed by atoms with van der Waals surface area (Å²) in [5.41, 5.74) is 3.66. The summed E-state index contributed by atoms with van der Waals surface area (Å²) >= 11 is 0. The van der Waals surface area contributed by atoms with Crippen molar-refractivity contribution in [2.45, 2.75) is 19.3 Å².